The number of rotatable bonds is 2. The summed E-state index contributed by atoms with van der Waals surface area (Å²) >= 11 is 0. The average Bonchev–Trinajstić information content (AvgIpc) is 2.22. The fraction of sp³-hybridized carbons (Fsp3) is 0.222. The molecule has 0 saturated carbocycles. The van der Waals surface area contributed by atoms with Crippen LogP contribution in [0.3, 0.4) is 0 Å². The Labute approximate surface area is 84.3 Å². The first-order chi connectivity index (χ1) is 6.99. The highest BCUT2D eigenvalue weighted by Gasteiger charge is 2.25. The van der Waals surface area contributed by atoms with Gasteiger partial charge in [0, 0.05) is 0 Å². The van der Waals surface area contributed by atoms with Gasteiger partial charge in [-0.1, -0.05) is 0 Å². The van der Waals surface area contributed by atoms with Gasteiger partial charge in [0.1, 0.15) is 11.9 Å². The van der Waals surface area contributed by atoms with Crippen LogP contribution in [0.2, 0.25) is 0 Å². The number of esters is 1. The van der Waals surface area contributed by atoms with Crippen LogP contribution >= 0.6 is 0 Å². The number of carbonyl (C=O) groups is 1. The van der Waals surface area contributed by atoms with E-state index in [1.807, 2.05) is 0 Å². The monoisotopic (exact) mass is 217 g/mol. The van der Waals surface area contributed by atoms with Crippen LogP contribution < -0.4 is 5.73 Å². The van der Waals surface area contributed by atoms with Crippen LogP contribution in [0, 0.1) is 11.6 Å². The largest absolute Gasteiger partial charge is 0.505 e. The van der Waals surface area contributed by atoms with E-state index in [0.717, 1.165) is 19.2 Å². The number of methoxy groups -OCH3 is 1. The first-order valence-corrected chi connectivity index (χ1v) is 3.99. The summed E-state index contributed by atoms with van der Waals surface area (Å²) in [5.41, 5.74) is 4.67. The number of phenols is 1. The first-order valence-electron chi connectivity index (χ1n) is 3.99. The van der Waals surface area contributed by atoms with Crippen LogP contribution in [-0.2, 0) is 9.53 Å². The van der Waals surface area contributed by atoms with Gasteiger partial charge in [0.2, 0.25) is 0 Å². The normalized spacial score (nSPS) is 12.3. The van der Waals surface area contributed by atoms with Crippen LogP contribution in [-0.4, -0.2) is 18.2 Å². The quantitative estimate of drug-likeness (QED) is 0.720. The Morgan fingerprint density at radius 3 is 2.53 bits per heavy atom. The number of aromatic hydroxyl groups is 1. The summed E-state index contributed by atoms with van der Waals surface area (Å²) in [6.45, 7) is 0. The van der Waals surface area contributed by atoms with E-state index in [1.54, 1.807) is 0 Å². The number of benzene rings is 1. The van der Waals surface area contributed by atoms with Crippen molar-refractivity contribution in [3.63, 3.8) is 0 Å². The Balaban J connectivity index is 3.24. The Morgan fingerprint density at radius 2 is 2.00 bits per heavy atom. The van der Waals surface area contributed by atoms with Gasteiger partial charge in [-0.15, -0.1) is 0 Å². The zero-order valence-corrected chi connectivity index (χ0v) is 7.83. The minimum Gasteiger partial charge on any atom is -0.505 e. The standard InChI is InChI=1S/C9H9F2NO3/c1-15-9(14)7(12)6-4(10)2-3-5(11)8(6)13/h2-3,7,13H,12H2,1H3/t7-/m0/s1. The SMILES string of the molecule is COC(=O)[C@@H](N)c1c(F)ccc(F)c1O. The molecule has 0 aliphatic heterocycles. The van der Waals surface area contributed by atoms with Crippen molar-refractivity contribution >= 4 is 5.97 Å². The fourth-order valence-electron chi connectivity index (χ4n) is 1.10. The summed E-state index contributed by atoms with van der Waals surface area (Å²) < 4.78 is 30.3. The number of ether oxygens (including phenoxy) is 1. The zero-order valence-electron chi connectivity index (χ0n) is 7.83. The second kappa shape index (κ2) is 4.22. The van der Waals surface area contributed by atoms with Gasteiger partial charge in [-0.25, -0.2) is 8.78 Å². The predicted molar refractivity (Wildman–Crippen MR) is 47.0 cm³/mol. The van der Waals surface area contributed by atoms with Gasteiger partial charge in [-0.05, 0) is 12.1 Å². The lowest BCUT2D eigenvalue weighted by Crippen LogP contribution is -2.24. The molecule has 6 heteroatoms. The number of carbonyl (C=O) groups excluding carboxylic acids is 1. The van der Waals surface area contributed by atoms with E-state index < -0.39 is 35.0 Å². The molecule has 0 aromatic heterocycles. The molecular formula is C9H9F2NO3. The van der Waals surface area contributed by atoms with Crippen molar-refractivity contribution in [2.45, 2.75) is 6.04 Å². The lowest BCUT2D eigenvalue weighted by molar-refractivity contribution is -0.142. The maximum Gasteiger partial charge on any atom is 0.327 e. The molecule has 1 aromatic carbocycles. The van der Waals surface area contributed by atoms with E-state index in [1.165, 1.54) is 0 Å². The van der Waals surface area contributed by atoms with E-state index in [2.05, 4.69) is 4.74 Å². The topological polar surface area (TPSA) is 72.5 Å². The predicted octanol–water partition coefficient (Wildman–Crippen LogP) is 0.843. The van der Waals surface area contributed by atoms with Crippen molar-refractivity contribution in [3.8, 4) is 5.75 Å². The van der Waals surface area contributed by atoms with Gasteiger partial charge in [0.15, 0.2) is 11.6 Å². The summed E-state index contributed by atoms with van der Waals surface area (Å²) in [5.74, 6) is -3.96. The van der Waals surface area contributed by atoms with Crippen molar-refractivity contribution in [2.75, 3.05) is 7.11 Å². The molecule has 15 heavy (non-hydrogen) atoms. The van der Waals surface area contributed by atoms with Crippen molar-refractivity contribution < 1.29 is 23.4 Å². The van der Waals surface area contributed by atoms with Crippen molar-refractivity contribution in [1.29, 1.82) is 0 Å². The van der Waals surface area contributed by atoms with Crippen molar-refractivity contribution in [2.24, 2.45) is 5.73 Å². The minimum absolute atomic E-state index is 0.609. The Hall–Kier alpha value is -1.69. The lowest BCUT2D eigenvalue weighted by atomic mass is 10.1. The molecular weight excluding hydrogens is 208 g/mol. The molecule has 0 heterocycles. The van der Waals surface area contributed by atoms with E-state index in [-0.39, 0.29) is 0 Å². The number of phenolic OH excluding ortho intramolecular Hbond substituents is 1. The molecule has 0 amide bonds. The summed E-state index contributed by atoms with van der Waals surface area (Å²) in [4.78, 5) is 11.0. The van der Waals surface area contributed by atoms with E-state index in [9.17, 15) is 18.7 Å². The molecule has 0 aliphatic rings. The number of nitrogens with two attached hydrogens (primary N) is 1. The third-order valence-electron chi connectivity index (χ3n) is 1.88. The van der Waals surface area contributed by atoms with Crippen LogP contribution in [0.4, 0.5) is 8.78 Å². The minimum atomic E-state index is -1.55. The Kier molecular flexibility index (Phi) is 3.21. The molecule has 0 aliphatic carbocycles. The fourth-order valence-corrected chi connectivity index (χ4v) is 1.10. The highest BCUT2D eigenvalue weighted by atomic mass is 19.1. The Morgan fingerprint density at radius 1 is 1.47 bits per heavy atom. The second-order valence-corrected chi connectivity index (χ2v) is 2.79. The molecule has 0 bridgehead atoms. The number of hydrogen-bond acceptors (Lipinski definition) is 4. The summed E-state index contributed by atoms with van der Waals surface area (Å²) in [5, 5.41) is 9.19. The van der Waals surface area contributed by atoms with Gasteiger partial charge in [0.05, 0.1) is 12.7 Å². The molecule has 0 saturated heterocycles. The molecule has 4 nitrogen and oxygen atoms in total. The molecule has 3 N–H and O–H groups in total. The van der Waals surface area contributed by atoms with E-state index in [0.29, 0.717) is 0 Å². The van der Waals surface area contributed by atoms with E-state index >= 15 is 0 Å². The Bertz CT molecular complexity index is 395. The molecule has 1 atom stereocenters. The molecule has 1 aromatic rings. The van der Waals surface area contributed by atoms with Gasteiger partial charge in [-0.2, -0.15) is 0 Å². The van der Waals surface area contributed by atoms with E-state index in [4.69, 9.17) is 5.73 Å². The molecule has 0 fully saturated rings. The molecule has 0 spiro atoms. The zero-order chi connectivity index (χ0) is 11.6. The highest BCUT2D eigenvalue weighted by molar-refractivity contribution is 5.78. The maximum absolute atomic E-state index is 13.2. The maximum atomic E-state index is 13.2. The third kappa shape index (κ3) is 2.04. The van der Waals surface area contributed by atoms with Crippen LogP contribution in [0.5, 0.6) is 5.75 Å². The molecule has 1 rings (SSSR count). The molecule has 0 radical (unpaired) electrons. The average molecular weight is 217 g/mol. The first kappa shape index (κ1) is 11.4. The smallest absolute Gasteiger partial charge is 0.327 e. The summed E-state index contributed by atoms with van der Waals surface area (Å²) in [6, 6.07) is -0.0450. The second-order valence-electron chi connectivity index (χ2n) is 2.79. The van der Waals surface area contributed by atoms with Crippen molar-refractivity contribution in [3.05, 3.63) is 29.3 Å². The summed E-state index contributed by atoms with van der Waals surface area (Å²) in [7, 11) is 1.05. The van der Waals surface area contributed by atoms with Crippen LogP contribution in [0.25, 0.3) is 0 Å². The lowest BCUT2D eigenvalue weighted by Gasteiger charge is -2.12. The molecule has 82 valence electrons. The summed E-state index contributed by atoms with van der Waals surface area (Å²) in [6.07, 6.45) is 0. The van der Waals surface area contributed by atoms with Gasteiger partial charge >= 0.3 is 5.97 Å². The van der Waals surface area contributed by atoms with Crippen molar-refractivity contribution in [1.82, 2.24) is 0 Å². The number of halogens is 2. The molecule has 0 unspecified atom stereocenters. The number of hydrogen-bond donors (Lipinski definition) is 2. The van der Waals surface area contributed by atoms with Gasteiger partial charge in [-0.3, -0.25) is 4.79 Å². The van der Waals surface area contributed by atoms with Crippen LogP contribution in [0.1, 0.15) is 11.6 Å². The van der Waals surface area contributed by atoms with Crippen LogP contribution in [0.15, 0.2) is 12.1 Å². The third-order valence-corrected chi connectivity index (χ3v) is 1.88. The van der Waals surface area contributed by atoms with Gasteiger partial charge in [0.25, 0.3) is 0 Å². The highest BCUT2D eigenvalue weighted by Crippen LogP contribution is 2.28. The van der Waals surface area contributed by atoms with Gasteiger partial charge < -0.3 is 15.6 Å².